The van der Waals surface area contributed by atoms with Gasteiger partial charge in [0.05, 0.1) is 6.61 Å². The topological polar surface area (TPSA) is 81.4 Å². The van der Waals surface area contributed by atoms with E-state index in [2.05, 4.69) is 17.9 Å². The van der Waals surface area contributed by atoms with Gasteiger partial charge in [0.15, 0.2) is 0 Å². The summed E-state index contributed by atoms with van der Waals surface area (Å²) in [7, 11) is 0. The zero-order valence-electron chi connectivity index (χ0n) is 9.20. The molecule has 6 heteroatoms. The highest BCUT2D eigenvalue weighted by Gasteiger charge is 2.42. The van der Waals surface area contributed by atoms with Crippen LogP contribution in [0.4, 0.5) is 0 Å². The van der Waals surface area contributed by atoms with E-state index in [1.807, 2.05) is 0 Å². The van der Waals surface area contributed by atoms with Crippen LogP contribution in [0, 0.1) is 5.41 Å². The molecule has 0 aromatic rings. The monoisotopic (exact) mass is 246 g/mol. The van der Waals surface area contributed by atoms with Crippen LogP contribution in [0.5, 0.6) is 0 Å². The van der Waals surface area contributed by atoms with E-state index >= 15 is 0 Å². The van der Waals surface area contributed by atoms with Crippen molar-refractivity contribution < 1.29 is 14.3 Å². The molecule has 0 atom stereocenters. The van der Waals surface area contributed by atoms with Crippen LogP contribution in [0.3, 0.4) is 0 Å². The molecule has 1 saturated carbocycles. The van der Waals surface area contributed by atoms with Gasteiger partial charge in [-0.2, -0.15) is 12.6 Å². The first kappa shape index (κ1) is 13.3. The summed E-state index contributed by atoms with van der Waals surface area (Å²) in [6, 6.07) is 0. The van der Waals surface area contributed by atoms with Crippen LogP contribution < -0.4 is 11.1 Å². The van der Waals surface area contributed by atoms with Crippen molar-refractivity contribution in [3.05, 3.63) is 0 Å². The van der Waals surface area contributed by atoms with E-state index in [-0.39, 0.29) is 17.9 Å². The van der Waals surface area contributed by atoms with Crippen LogP contribution in [-0.2, 0) is 14.3 Å². The number of thiol groups is 1. The first-order valence-corrected chi connectivity index (χ1v) is 5.95. The Morgan fingerprint density at radius 3 is 2.62 bits per heavy atom. The highest BCUT2D eigenvalue weighted by molar-refractivity contribution is 7.80. The SMILES string of the molecule is NC(=O)COCCNC(=O)CC1(CS)CC1. The number of rotatable bonds is 8. The minimum absolute atomic E-state index is 0.0224. The normalized spacial score (nSPS) is 16.8. The molecule has 0 radical (unpaired) electrons. The number of hydrogen-bond acceptors (Lipinski definition) is 4. The van der Waals surface area contributed by atoms with Crippen molar-refractivity contribution in [2.75, 3.05) is 25.5 Å². The molecule has 0 unspecified atom stereocenters. The number of ether oxygens (including phenoxy) is 1. The van der Waals surface area contributed by atoms with Crippen LogP contribution in [0.1, 0.15) is 19.3 Å². The third kappa shape index (κ3) is 4.85. The van der Waals surface area contributed by atoms with Gasteiger partial charge in [-0.1, -0.05) is 0 Å². The maximum atomic E-state index is 11.5. The summed E-state index contributed by atoms with van der Waals surface area (Å²) < 4.78 is 4.91. The maximum Gasteiger partial charge on any atom is 0.243 e. The van der Waals surface area contributed by atoms with Gasteiger partial charge < -0.3 is 15.8 Å². The lowest BCUT2D eigenvalue weighted by Gasteiger charge is -2.11. The lowest BCUT2D eigenvalue weighted by molar-refractivity contribution is -0.123. The second kappa shape index (κ2) is 6.10. The summed E-state index contributed by atoms with van der Waals surface area (Å²) in [6.45, 7) is 0.619. The zero-order chi connectivity index (χ0) is 12.0. The van der Waals surface area contributed by atoms with Crippen molar-refractivity contribution in [2.45, 2.75) is 19.3 Å². The zero-order valence-corrected chi connectivity index (χ0v) is 10.1. The van der Waals surface area contributed by atoms with Crippen molar-refractivity contribution in [2.24, 2.45) is 11.1 Å². The van der Waals surface area contributed by atoms with Crippen LogP contribution in [0.25, 0.3) is 0 Å². The maximum absolute atomic E-state index is 11.5. The van der Waals surface area contributed by atoms with E-state index < -0.39 is 5.91 Å². The first-order valence-electron chi connectivity index (χ1n) is 5.32. The lowest BCUT2D eigenvalue weighted by atomic mass is 10.1. The smallest absolute Gasteiger partial charge is 0.243 e. The summed E-state index contributed by atoms with van der Waals surface area (Å²) in [5, 5.41) is 2.74. The van der Waals surface area contributed by atoms with Gasteiger partial charge in [0.2, 0.25) is 11.8 Å². The average Bonchev–Trinajstić information content (AvgIpc) is 2.97. The highest BCUT2D eigenvalue weighted by Crippen LogP contribution is 2.49. The molecule has 5 nitrogen and oxygen atoms in total. The lowest BCUT2D eigenvalue weighted by Crippen LogP contribution is -2.30. The van der Waals surface area contributed by atoms with Gasteiger partial charge in [-0.05, 0) is 24.0 Å². The predicted octanol–water partition coefficient (Wildman–Crippen LogP) is -0.295. The molecule has 0 heterocycles. The van der Waals surface area contributed by atoms with Crippen molar-refractivity contribution in [3.8, 4) is 0 Å². The Morgan fingerprint density at radius 1 is 1.44 bits per heavy atom. The Kier molecular flexibility index (Phi) is 5.08. The Hall–Kier alpha value is -0.750. The Bertz CT molecular complexity index is 267. The van der Waals surface area contributed by atoms with E-state index in [4.69, 9.17) is 10.5 Å². The third-order valence-corrected chi connectivity index (χ3v) is 3.31. The number of hydrogen-bond donors (Lipinski definition) is 3. The second-order valence-corrected chi connectivity index (χ2v) is 4.52. The summed E-state index contributed by atoms with van der Waals surface area (Å²) in [5.41, 5.74) is 5.02. The van der Waals surface area contributed by atoms with Crippen LogP contribution in [-0.4, -0.2) is 37.3 Å². The minimum Gasteiger partial charge on any atom is -0.370 e. The fraction of sp³-hybridized carbons (Fsp3) is 0.800. The predicted molar refractivity (Wildman–Crippen MR) is 63.2 cm³/mol. The molecule has 0 aromatic carbocycles. The number of primary amides is 1. The van der Waals surface area contributed by atoms with Crippen molar-refractivity contribution in [1.82, 2.24) is 5.32 Å². The molecule has 0 spiro atoms. The summed E-state index contributed by atoms with van der Waals surface area (Å²) in [6.07, 6.45) is 2.70. The van der Waals surface area contributed by atoms with Crippen molar-refractivity contribution in [1.29, 1.82) is 0 Å². The van der Waals surface area contributed by atoms with Gasteiger partial charge in [-0.25, -0.2) is 0 Å². The van der Waals surface area contributed by atoms with E-state index in [1.165, 1.54) is 0 Å². The average molecular weight is 246 g/mol. The molecule has 92 valence electrons. The summed E-state index contributed by atoms with van der Waals surface area (Å²) in [5.74, 6) is 0.283. The Morgan fingerprint density at radius 2 is 2.12 bits per heavy atom. The van der Waals surface area contributed by atoms with Gasteiger partial charge in [0.1, 0.15) is 6.61 Å². The van der Waals surface area contributed by atoms with Gasteiger partial charge in [-0.15, -0.1) is 0 Å². The molecule has 0 bridgehead atoms. The Balaban J connectivity index is 2.00. The molecule has 0 aliphatic heterocycles. The van der Waals surface area contributed by atoms with Gasteiger partial charge in [0, 0.05) is 13.0 Å². The summed E-state index contributed by atoms with van der Waals surface area (Å²) >= 11 is 4.23. The second-order valence-electron chi connectivity index (χ2n) is 4.20. The molecular weight excluding hydrogens is 228 g/mol. The Labute approximate surface area is 100 Å². The quantitative estimate of drug-likeness (QED) is 0.406. The largest absolute Gasteiger partial charge is 0.370 e. The molecule has 1 aliphatic rings. The van der Waals surface area contributed by atoms with Crippen LogP contribution >= 0.6 is 12.6 Å². The molecule has 1 rings (SSSR count). The number of nitrogens with two attached hydrogens (primary N) is 1. The molecule has 1 aliphatic carbocycles. The highest BCUT2D eigenvalue weighted by atomic mass is 32.1. The number of carbonyl (C=O) groups is 2. The molecule has 0 saturated heterocycles. The number of amides is 2. The van der Waals surface area contributed by atoms with Gasteiger partial charge in [-0.3, -0.25) is 9.59 Å². The molecule has 1 fully saturated rings. The van der Waals surface area contributed by atoms with Crippen molar-refractivity contribution >= 4 is 24.4 Å². The van der Waals surface area contributed by atoms with E-state index in [9.17, 15) is 9.59 Å². The first-order chi connectivity index (χ1) is 7.58. The third-order valence-electron chi connectivity index (χ3n) is 2.64. The van der Waals surface area contributed by atoms with Gasteiger partial charge in [0.25, 0.3) is 0 Å². The molecule has 3 N–H and O–H groups in total. The fourth-order valence-electron chi connectivity index (χ4n) is 1.41. The van der Waals surface area contributed by atoms with E-state index in [0.29, 0.717) is 19.6 Å². The van der Waals surface area contributed by atoms with Crippen LogP contribution in [0.2, 0.25) is 0 Å². The van der Waals surface area contributed by atoms with E-state index in [1.54, 1.807) is 0 Å². The number of nitrogens with one attached hydrogen (secondary N) is 1. The molecule has 0 aromatic heterocycles. The fourth-order valence-corrected chi connectivity index (χ4v) is 1.83. The van der Waals surface area contributed by atoms with Gasteiger partial charge >= 0.3 is 0 Å². The van der Waals surface area contributed by atoms with Crippen molar-refractivity contribution in [3.63, 3.8) is 0 Å². The van der Waals surface area contributed by atoms with E-state index in [0.717, 1.165) is 18.6 Å². The molecular formula is C10H18N2O3S. The molecule has 2 amide bonds. The molecule has 16 heavy (non-hydrogen) atoms. The summed E-state index contributed by atoms with van der Waals surface area (Å²) in [4.78, 5) is 21.8. The van der Waals surface area contributed by atoms with Crippen LogP contribution in [0.15, 0.2) is 0 Å². The minimum atomic E-state index is -0.502. The standard InChI is InChI=1S/C10H18N2O3S/c11-8(13)6-15-4-3-12-9(14)5-10(7-16)1-2-10/h16H,1-7H2,(H2,11,13)(H,12,14). The number of carbonyl (C=O) groups excluding carboxylic acids is 2.